The molecule has 0 aromatic heterocycles. The molecule has 0 saturated heterocycles. The van der Waals surface area contributed by atoms with Crippen LogP contribution in [-0.2, 0) is 10.0 Å². The van der Waals surface area contributed by atoms with E-state index in [1.54, 1.807) is 24.3 Å². The van der Waals surface area contributed by atoms with Crippen molar-refractivity contribution in [2.75, 3.05) is 27.4 Å². The second-order valence-electron chi connectivity index (χ2n) is 4.84. The van der Waals surface area contributed by atoms with Gasteiger partial charge in [-0.1, -0.05) is 11.6 Å². The van der Waals surface area contributed by atoms with Gasteiger partial charge in [-0.2, -0.15) is 0 Å². The minimum absolute atomic E-state index is 0.0429. The summed E-state index contributed by atoms with van der Waals surface area (Å²) in [6.07, 6.45) is 0. The lowest BCUT2D eigenvalue weighted by Gasteiger charge is -2.12. The van der Waals surface area contributed by atoms with Crippen LogP contribution in [0.5, 0.6) is 17.2 Å². The third-order valence-electron chi connectivity index (χ3n) is 3.20. The van der Waals surface area contributed by atoms with Gasteiger partial charge in [0, 0.05) is 23.7 Å². The number of ether oxygens (including phenoxy) is 3. The Morgan fingerprint density at radius 1 is 1.08 bits per heavy atom. The van der Waals surface area contributed by atoms with Crippen LogP contribution in [0.2, 0.25) is 5.02 Å². The summed E-state index contributed by atoms with van der Waals surface area (Å²) in [6, 6.07) is 8.64. The summed E-state index contributed by atoms with van der Waals surface area (Å²) in [7, 11) is -1.41. The van der Waals surface area contributed by atoms with Gasteiger partial charge >= 0.3 is 0 Å². The van der Waals surface area contributed by atoms with Gasteiger partial charge in [-0.05, 0) is 24.3 Å². The molecular formula is C16H17ClFNO5S. The minimum atomic E-state index is -4.07. The van der Waals surface area contributed by atoms with Gasteiger partial charge in [0.05, 0.1) is 14.2 Å². The molecule has 2 rings (SSSR count). The molecule has 0 aliphatic carbocycles. The molecule has 0 bridgehead atoms. The van der Waals surface area contributed by atoms with Crippen LogP contribution in [0.1, 0.15) is 0 Å². The molecule has 0 atom stereocenters. The Morgan fingerprint density at radius 3 is 2.28 bits per heavy atom. The summed E-state index contributed by atoms with van der Waals surface area (Å²) in [4.78, 5) is -0.531. The van der Waals surface area contributed by atoms with Gasteiger partial charge in [-0.3, -0.25) is 0 Å². The third-order valence-corrected chi connectivity index (χ3v) is 4.93. The van der Waals surface area contributed by atoms with Crippen molar-refractivity contribution in [3.05, 3.63) is 47.2 Å². The van der Waals surface area contributed by atoms with Crippen molar-refractivity contribution in [1.82, 2.24) is 4.72 Å². The highest BCUT2D eigenvalue weighted by Crippen LogP contribution is 2.31. The first-order chi connectivity index (χ1) is 11.9. The Kier molecular flexibility index (Phi) is 6.46. The smallest absolute Gasteiger partial charge is 0.243 e. The van der Waals surface area contributed by atoms with E-state index in [2.05, 4.69) is 4.72 Å². The van der Waals surface area contributed by atoms with Crippen molar-refractivity contribution in [2.45, 2.75) is 4.90 Å². The van der Waals surface area contributed by atoms with E-state index in [-0.39, 0.29) is 24.7 Å². The molecule has 1 N–H and O–H groups in total. The van der Waals surface area contributed by atoms with E-state index >= 15 is 0 Å². The summed E-state index contributed by atoms with van der Waals surface area (Å²) in [5, 5.41) is 0.567. The number of hydrogen-bond donors (Lipinski definition) is 1. The lowest BCUT2D eigenvalue weighted by atomic mass is 10.3. The summed E-state index contributed by atoms with van der Waals surface area (Å²) in [6.45, 7) is 0.0223. The van der Waals surface area contributed by atoms with Crippen LogP contribution < -0.4 is 18.9 Å². The van der Waals surface area contributed by atoms with Gasteiger partial charge in [-0.25, -0.2) is 17.5 Å². The van der Waals surface area contributed by atoms with Gasteiger partial charge in [0.25, 0.3) is 0 Å². The van der Waals surface area contributed by atoms with E-state index in [1.807, 2.05) is 0 Å². The van der Waals surface area contributed by atoms with Gasteiger partial charge < -0.3 is 14.2 Å². The van der Waals surface area contributed by atoms with Crippen LogP contribution in [0.15, 0.2) is 41.3 Å². The molecule has 0 fully saturated rings. The van der Waals surface area contributed by atoms with E-state index in [0.717, 1.165) is 12.1 Å². The van der Waals surface area contributed by atoms with E-state index in [4.69, 9.17) is 25.8 Å². The fraction of sp³-hybridized carbons (Fsp3) is 0.250. The van der Waals surface area contributed by atoms with Crippen molar-refractivity contribution >= 4 is 21.6 Å². The molecule has 25 heavy (non-hydrogen) atoms. The van der Waals surface area contributed by atoms with Crippen LogP contribution in [0.4, 0.5) is 4.39 Å². The van der Waals surface area contributed by atoms with Gasteiger partial charge in [-0.15, -0.1) is 0 Å². The van der Waals surface area contributed by atoms with Crippen LogP contribution >= 0.6 is 11.6 Å². The zero-order valence-electron chi connectivity index (χ0n) is 13.6. The van der Waals surface area contributed by atoms with Gasteiger partial charge in [0.15, 0.2) is 11.5 Å². The van der Waals surface area contributed by atoms with Crippen LogP contribution in [-0.4, -0.2) is 35.8 Å². The largest absolute Gasteiger partial charge is 0.493 e. The summed E-state index contributed by atoms with van der Waals surface area (Å²) in [5.74, 6) is -0.184. The predicted octanol–water partition coefficient (Wildman–Crippen LogP) is 2.85. The average molecular weight is 390 g/mol. The first-order valence-electron chi connectivity index (χ1n) is 7.17. The Labute approximate surface area is 150 Å². The molecule has 0 heterocycles. The fourth-order valence-electron chi connectivity index (χ4n) is 1.99. The highest BCUT2D eigenvalue weighted by atomic mass is 35.5. The Balaban J connectivity index is 2.02. The minimum Gasteiger partial charge on any atom is -0.493 e. The molecule has 0 amide bonds. The van der Waals surface area contributed by atoms with Crippen LogP contribution in [0, 0.1) is 5.82 Å². The van der Waals surface area contributed by atoms with Crippen LogP contribution in [0.25, 0.3) is 0 Å². The Bertz CT molecular complexity index is 827. The SMILES string of the molecule is COc1cc(F)c(S(=O)(=O)NCCOc2ccc(Cl)cc2)cc1OC. The second-order valence-corrected chi connectivity index (χ2v) is 7.01. The second kappa shape index (κ2) is 8.37. The maximum atomic E-state index is 14.1. The molecule has 0 aliphatic heterocycles. The normalized spacial score (nSPS) is 11.2. The lowest BCUT2D eigenvalue weighted by Crippen LogP contribution is -2.29. The zero-order valence-corrected chi connectivity index (χ0v) is 15.2. The van der Waals surface area contributed by atoms with E-state index in [9.17, 15) is 12.8 Å². The molecule has 0 saturated carbocycles. The molecule has 0 aliphatic rings. The number of rotatable bonds is 8. The summed E-state index contributed by atoms with van der Waals surface area (Å²) < 4.78 is 56.2. The van der Waals surface area contributed by atoms with Crippen molar-refractivity contribution in [3.63, 3.8) is 0 Å². The first kappa shape index (κ1) is 19.3. The van der Waals surface area contributed by atoms with Crippen molar-refractivity contribution in [1.29, 1.82) is 0 Å². The Hall–Kier alpha value is -2.03. The molecule has 9 heteroatoms. The van der Waals surface area contributed by atoms with E-state index in [0.29, 0.717) is 10.8 Å². The quantitative estimate of drug-likeness (QED) is 0.703. The monoisotopic (exact) mass is 389 g/mol. The molecule has 0 spiro atoms. The fourth-order valence-corrected chi connectivity index (χ4v) is 3.21. The molecule has 136 valence electrons. The van der Waals surface area contributed by atoms with Gasteiger partial charge in [0.2, 0.25) is 10.0 Å². The lowest BCUT2D eigenvalue weighted by molar-refractivity contribution is 0.322. The molecule has 0 unspecified atom stereocenters. The first-order valence-corrected chi connectivity index (χ1v) is 9.03. The predicted molar refractivity (Wildman–Crippen MR) is 91.6 cm³/mol. The van der Waals surface area contributed by atoms with Crippen molar-refractivity contribution in [2.24, 2.45) is 0 Å². The van der Waals surface area contributed by atoms with E-state index < -0.39 is 20.7 Å². The maximum Gasteiger partial charge on any atom is 0.243 e. The zero-order chi connectivity index (χ0) is 18.4. The molecular weight excluding hydrogens is 373 g/mol. The number of sulfonamides is 1. The maximum absolute atomic E-state index is 14.1. The highest BCUT2D eigenvalue weighted by Gasteiger charge is 2.22. The number of benzene rings is 2. The molecule has 2 aromatic carbocycles. The standard InChI is InChI=1S/C16H17ClFNO5S/c1-22-14-9-13(18)16(10-15(14)23-2)25(20,21)19-7-8-24-12-5-3-11(17)4-6-12/h3-6,9-10,19H,7-8H2,1-2H3. The number of hydrogen-bond acceptors (Lipinski definition) is 5. The molecule has 2 aromatic rings. The topological polar surface area (TPSA) is 73.9 Å². The molecule has 6 nitrogen and oxygen atoms in total. The third kappa shape index (κ3) is 4.97. The number of nitrogens with one attached hydrogen (secondary N) is 1. The van der Waals surface area contributed by atoms with Gasteiger partial charge in [0.1, 0.15) is 23.1 Å². The number of methoxy groups -OCH3 is 2. The highest BCUT2D eigenvalue weighted by molar-refractivity contribution is 7.89. The van der Waals surface area contributed by atoms with Crippen molar-refractivity contribution in [3.8, 4) is 17.2 Å². The number of halogens is 2. The van der Waals surface area contributed by atoms with E-state index in [1.165, 1.54) is 14.2 Å². The average Bonchev–Trinajstić information content (AvgIpc) is 2.59. The summed E-state index contributed by atoms with van der Waals surface area (Å²) >= 11 is 5.76. The summed E-state index contributed by atoms with van der Waals surface area (Å²) in [5.41, 5.74) is 0. The Morgan fingerprint density at radius 2 is 1.68 bits per heavy atom. The molecule has 0 radical (unpaired) electrons. The van der Waals surface area contributed by atoms with Crippen LogP contribution in [0.3, 0.4) is 0 Å². The van der Waals surface area contributed by atoms with Crippen molar-refractivity contribution < 1.29 is 27.0 Å².